The molecule has 14 heteroatoms. The van der Waals surface area contributed by atoms with Crippen LogP contribution in [-0.4, -0.2) is 49.1 Å². The summed E-state index contributed by atoms with van der Waals surface area (Å²) in [7, 11) is -2.35. The third kappa shape index (κ3) is 6.63. The minimum absolute atomic E-state index is 0.00241. The van der Waals surface area contributed by atoms with Gasteiger partial charge in [0.05, 0.1) is 12.7 Å². The number of alkyl halides is 3. The summed E-state index contributed by atoms with van der Waals surface area (Å²) in [6.07, 6.45) is -0.752. The highest BCUT2D eigenvalue weighted by molar-refractivity contribution is 7.90. The summed E-state index contributed by atoms with van der Waals surface area (Å²) < 4.78 is 73.5. The summed E-state index contributed by atoms with van der Waals surface area (Å²) >= 11 is 0. The third-order valence-corrected chi connectivity index (χ3v) is 6.73. The molecule has 1 heterocycles. The normalized spacial score (nSPS) is 14.3. The zero-order valence-electron chi connectivity index (χ0n) is 20.7. The van der Waals surface area contributed by atoms with Gasteiger partial charge in [0.25, 0.3) is 5.91 Å². The fourth-order valence-electron chi connectivity index (χ4n) is 3.55. The average Bonchev–Trinajstić information content (AvgIpc) is 3.68. The first-order valence-electron chi connectivity index (χ1n) is 11.5. The van der Waals surface area contributed by atoms with Crippen molar-refractivity contribution in [2.45, 2.75) is 36.3 Å². The predicted octanol–water partition coefficient (Wildman–Crippen LogP) is 3.28. The molecular formula is C25H23F3N4O6S. The lowest BCUT2D eigenvalue weighted by Gasteiger charge is -2.17. The molecule has 3 aromatic rings. The van der Waals surface area contributed by atoms with E-state index in [0.717, 1.165) is 24.7 Å². The van der Waals surface area contributed by atoms with E-state index in [0.29, 0.717) is 18.4 Å². The highest BCUT2D eigenvalue weighted by Gasteiger charge is 2.51. The smallest absolute Gasteiger partial charge is 0.420 e. The topological polar surface area (TPSA) is 137 Å². The molecule has 0 radical (unpaired) electrons. The average molecular weight is 565 g/mol. The van der Waals surface area contributed by atoms with Crippen LogP contribution in [0.4, 0.5) is 13.2 Å². The van der Waals surface area contributed by atoms with Crippen molar-refractivity contribution in [3.8, 4) is 17.2 Å². The molecule has 0 unspecified atom stereocenters. The number of aromatic nitrogens is 2. The number of nitrogens with one attached hydrogen (secondary N) is 2. The molecule has 0 saturated heterocycles. The highest BCUT2D eigenvalue weighted by atomic mass is 32.2. The Morgan fingerprint density at radius 1 is 1.03 bits per heavy atom. The van der Waals surface area contributed by atoms with Gasteiger partial charge in [-0.15, -0.1) is 0 Å². The minimum atomic E-state index is -4.64. The van der Waals surface area contributed by atoms with Gasteiger partial charge in [0.15, 0.2) is 0 Å². The molecule has 1 aliphatic rings. The van der Waals surface area contributed by atoms with Crippen LogP contribution in [0.1, 0.15) is 34.3 Å². The van der Waals surface area contributed by atoms with Crippen molar-refractivity contribution in [3.63, 3.8) is 0 Å². The number of hydrogen-bond donors (Lipinski definition) is 2. The lowest BCUT2D eigenvalue weighted by Crippen LogP contribution is -2.48. The first-order valence-corrected chi connectivity index (χ1v) is 13.3. The molecule has 0 spiro atoms. The number of carbonyl (C=O) groups excluding carboxylic acids is 2. The second-order valence-electron chi connectivity index (χ2n) is 8.85. The fourth-order valence-corrected chi connectivity index (χ4v) is 4.04. The number of halogens is 3. The number of nitrogens with zero attached hydrogens (tertiary/aromatic N) is 2. The van der Waals surface area contributed by atoms with Gasteiger partial charge in [0.2, 0.25) is 20.9 Å². The molecule has 10 nitrogen and oxygen atoms in total. The monoisotopic (exact) mass is 564 g/mol. The Morgan fingerprint density at radius 3 is 2.18 bits per heavy atom. The maximum atomic E-state index is 13.4. The minimum Gasteiger partial charge on any atom is -0.497 e. The zero-order chi connectivity index (χ0) is 28.4. The van der Waals surface area contributed by atoms with Crippen molar-refractivity contribution in [2.75, 3.05) is 13.4 Å². The summed E-state index contributed by atoms with van der Waals surface area (Å²) in [4.78, 5) is 32.6. The van der Waals surface area contributed by atoms with E-state index < -0.39 is 44.1 Å². The predicted molar refractivity (Wildman–Crippen MR) is 131 cm³/mol. The Hall–Kier alpha value is -4.20. The molecule has 2 N–H and O–H groups in total. The number of rotatable bonds is 9. The number of sulfone groups is 1. The molecule has 0 aliphatic heterocycles. The molecular weight excluding hydrogens is 541 g/mol. The van der Waals surface area contributed by atoms with Crippen molar-refractivity contribution in [1.29, 1.82) is 0 Å². The first kappa shape index (κ1) is 27.8. The summed E-state index contributed by atoms with van der Waals surface area (Å²) in [5, 5.41) is 4.95. The first-order chi connectivity index (χ1) is 18.3. The van der Waals surface area contributed by atoms with Gasteiger partial charge in [-0.25, -0.2) is 18.4 Å². The lowest BCUT2D eigenvalue weighted by atomic mass is 10.1. The standard InChI is InChI=1S/C25H23F3N4O6S/c1-37-18-7-8-20(19(11-18)25(26,27)28)38-17-5-3-15(4-6-17)12-29-22(34)24(9-10-24)32-21(33)16-13-30-23(31-14-16)39(2,35)36/h3-8,11,13-14H,9-10,12H2,1-2H3,(H,29,34)(H,32,33). The molecule has 4 rings (SSSR count). The number of carbonyl (C=O) groups is 2. The number of methoxy groups -OCH3 is 1. The Kier molecular flexibility index (Phi) is 7.50. The fraction of sp³-hybridized carbons (Fsp3) is 0.280. The van der Waals surface area contributed by atoms with Crippen LogP contribution >= 0.6 is 0 Å². The van der Waals surface area contributed by atoms with E-state index >= 15 is 0 Å². The quantitative estimate of drug-likeness (QED) is 0.378. The van der Waals surface area contributed by atoms with Gasteiger partial charge in [-0.1, -0.05) is 12.1 Å². The van der Waals surface area contributed by atoms with Crippen molar-refractivity contribution >= 4 is 21.7 Å². The van der Waals surface area contributed by atoms with Crippen molar-refractivity contribution in [2.24, 2.45) is 0 Å². The molecule has 0 atom stereocenters. The third-order valence-electron chi connectivity index (χ3n) is 5.86. The Morgan fingerprint density at radius 2 is 1.64 bits per heavy atom. The SMILES string of the molecule is COc1ccc(Oc2ccc(CNC(=O)C3(NC(=O)c4cnc(S(C)(=O)=O)nc4)CC3)cc2)c(C(F)(F)F)c1. The van der Waals surface area contributed by atoms with Gasteiger partial charge in [0, 0.05) is 25.2 Å². The number of benzene rings is 2. The number of amides is 2. The number of ether oxygens (including phenoxy) is 2. The van der Waals surface area contributed by atoms with Gasteiger partial charge in [-0.3, -0.25) is 9.59 Å². The van der Waals surface area contributed by atoms with Crippen molar-refractivity contribution < 1.29 is 40.7 Å². The summed E-state index contributed by atoms with van der Waals surface area (Å²) in [5.41, 5.74) is -1.44. The number of hydrogen-bond acceptors (Lipinski definition) is 8. The molecule has 2 aromatic carbocycles. The summed E-state index contributed by atoms with van der Waals surface area (Å²) in [5.74, 6) is -1.22. The molecule has 39 heavy (non-hydrogen) atoms. The van der Waals surface area contributed by atoms with Crippen molar-refractivity contribution in [3.05, 3.63) is 71.5 Å². The lowest BCUT2D eigenvalue weighted by molar-refractivity contribution is -0.138. The van der Waals surface area contributed by atoms with Crippen LogP contribution in [0.25, 0.3) is 0 Å². The van der Waals surface area contributed by atoms with Crippen molar-refractivity contribution in [1.82, 2.24) is 20.6 Å². The van der Waals surface area contributed by atoms with E-state index in [-0.39, 0.29) is 29.4 Å². The molecule has 1 aliphatic carbocycles. The molecule has 0 bridgehead atoms. The van der Waals surface area contributed by atoms with Crippen LogP contribution in [0, 0.1) is 0 Å². The Balaban J connectivity index is 1.35. The maximum absolute atomic E-state index is 13.4. The van der Waals surface area contributed by atoms with Crippen LogP contribution in [-0.2, 0) is 27.4 Å². The van der Waals surface area contributed by atoms with Gasteiger partial charge >= 0.3 is 6.18 Å². The Bertz CT molecular complexity index is 1490. The van der Waals surface area contributed by atoms with Crippen LogP contribution in [0.2, 0.25) is 0 Å². The van der Waals surface area contributed by atoms with Gasteiger partial charge < -0.3 is 20.1 Å². The van der Waals surface area contributed by atoms with Crippen LogP contribution in [0.5, 0.6) is 17.2 Å². The largest absolute Gasteiger partial charge is 0.497 e. The second kappa shape index (κ2) is 10.5. The Labute approximate surface area is 221 Å². The van der Waals surface area contributed by atoms with E-state index in [1.54, 1.807) is 12.1 Å². The van der Waals surface area contributed by atoms with Gasteiger partial charge in [0.1, 0.15) is 28.4 Å². The van der Waals surface area contributed by atoms with E-state index in [4.69, 9.17) is 9.47 Å². The van der Waals surface area contributed by atoms with E-state index in [2.05, 4.69) is 20.6 Å². The zero-order valence-corrected chi connectivity index (χ0v) is 21.5. The van der Waals surface area contributed by atoms with Crippen LogP contribution in [0.3, 0.4) is 0 Å². The highest BCUT2D eigenvalue weighted by Crippen LogP contribution is 2.40. The second-order valence-corrected chi connectivity index (χ2v) is 10.8. The van der Waals surface area contributed by atoms with E-state index in [1.807, 2.05) is 0 Å². The summed E-state index contributed by atoms with van der Waals surface area (Å²) in [6, 6.07) is 9.51. The molecule has 206 valence electrons. The van der Waals surface area contributed by atoms with E-state index in [9.17, 15) is 31.2 Å². The molecule has 1 fully saturated rings. The maximum Gasteiger partial charge on any atom is 0.420 e. The van der Waals surface area contributed by atoms with Crippen LogP contribution in [0.15, 0.2) is 60.0 Å². The van der Waals surface area contributed by atoms with Crippen LogP contribution < -0.4 is 20.1 Å². The molecule has 1 saturated carbocycles. The molecule has 2 amide bonds. The van der Waals surface area contributed by atoms with Gasteiger partial charge in [-0.2, -0.15) is 13.2 Å². The van der Waals surface area contributed by atoms with Gasteiger partial charge in [-0.05, 0) is 48.7 Å². The summed E-state index contributed by atoms with van der Waals surface area (Å²) in [6.45, 7) is 0.0965. The molecule has 1 aromatic heterocycles. The van der Waals surface area contributed by atoms with E-state index in [1.165, 1.54) is 31.4 Å².